The van der Waals surface area contributed by atoms with Crippen molar-refractivity contribution in [2.45, 2.75) is 118 Å². The van der Waals surface area contributed by atoms with Gasteiger partial charge in [0.05, 0.1) is 6.04 Å². The molecule has 39 heavy (non-hydrogen) atoms. The molecule has 0 aromatic rings. The molecule has 6 atom stereocenters. The number of primary amides is 1. The number of nitrogens with one attached hydrogen (secondary N) is 2. The summed E-state index contributed by atoms with van der Waals surface area (Å²) in [5, 5.41) is 5.60. The number of rotatable bonds is 10. The van der Waals surface area contributed by atoms with E-state index >= 15 is 0 Å². The van der Waals surface area contributed by atoms with Crippen molar-refractivity contribution < 1.29 is 28.7 Å². The fraction of sp³-hybridized carbons (Fsp3) is 0.828. The van der Waals surface area contributed by atoms with Crippen LogP contribution in [-0.2, 0) is 23.9 Å². The summed E-state index contributed by atoms with van der Waals surface area (Å²) < 4.78 is 5.63. The number of piperidine rings is 1. The zero-order valence-corrected chi connectivity index (χ0v) is 24.7. The normalized spacial score (nSPS) is 26.5. The second-order valence-electron chi connectivity index (χ2n) is 13.4. The summed E-state index contributed by atoms with van der Waals surface area (Å²) in [6.45, 7) is 14.2. The number of Topliss-reactive ketones (excluding diaryl/α,β-unsaturated/α-hetero) is 1. The first-order chi connectivity index (χ1) is 18.1. The first kappa shape index (κ1) is 30.9. The molecule has 0 spiro atoms. The van der Waals surface area contributed by atoms with Crippen molar-refractivity contribution in [1.29, 1.82) is 0 Å². The molecule has 220 valence electrons. The van der Waals surface area contributed by atoms with Gasteiger partial charge in [-0.15, -0.1) is 0 Å². The number of fused-ring (bicyclic) bond motifs is 1. The predicted molar refractivity (Wildman–Crippen MR) is 146 cm³/mol. The standard InChI is InChI=1S/C29H48N4O6/c1-8-12-19(23(34)24(30)35)31-25(36)22-20-18(29(20,6)7)15-33(22)26(37)21(17-13-10-9-11-14-17)32-27(38)39-16(2)28(3,4)5/h16-22H,8-15H2,1-7H3,(H2,30,35)(H,31,36)(H,32,38)/t16?,18?,19?,20?,21-,22-/m0/s1. The molecule has 2 saturated carbocycles. The van der Waals surface area contributed by atoms with E-state index in [4.69, 9.17) is 10.5 Å². The minimum Gasteiger partial charge on any atom is -0.446 e. The monoisotopic (exact) mass is 548 g/mol. The average molecular weight is 549 g/mol. The van der Waals surface area contributed by atoms with Crippen LogP contribution in [0.4, 0.5) is 4.79 Å². The van der Waals surface area contributed by atoms with Gasteiger partial charge in [-0.3, -0.25) is 19.2 Å². The van der Waals surface area contributed by atoms with E-state index in [9.17, 15) is 24.0 Å². The number of likely N-dealkylation sites (tertiary alicyclic amines) is 1. The summed E-state index contributed by atoms with van der Waals surface area (Å²) >= 11 is 0. The van der Waals surface area contributed by atoms with Gasteiger partial charge < -0.3 is 26.0 Å². The Morgan fingerprint density at radius 2 is 1.67 bits per heavy atom. The third-order valence-electron chi connectivity index (χ3n) is 9.38. The van der Waals surface area contributed by atoms with Crippen molar-refractivity contribution in [3.8, 4) is 0 Å². The van der Waals surface area contributed by atoms with E-state index in [1.165, 1.54) is 0 Å². The maximum atomic E-state index is 14.1. The lowest BCUT2D eigenvalue weighted by molar-refractivity contribution is -0.144. The SMILES string of the molecule is CCCC(NC(=O)[C@@H]1C2C(CN1C(=O)[C@@H](NC(=O)OC(C)C(C)(C)C)C1CCCCC1)C2(C)C)C(=O)C(N)=O. The third kappa shape index (κ3) is 6.74. The Morgan fingerprint density at radius 1 is 1.05 bits per heavy atom. The maximum absolute atomic E-state index is 14.1. The molecular formula is C29H48N4O6. The number of nitrogens with zero attached hydrogens (tertiary/aromatic N) is 1. The lowest BCUT2D eigenvalue weighted by Gasteiger charge is -2.37. The quantitative estimate of drug-likeness (QED) is 0.358. The second-order valence-corrected chi connectivity index (χ2v) is 13.4. The average Bonchev–Trinajstić information content (AvgIpc) is 3.18. The summed E-state index contributed by atoms with van der Waals surface area (Å²) in [5.41, 5.74) is 4.83. The number of amides is 4. The number of alkyl carbamates (subject to hydrolysis) is 1. The number of ether oxygens (including phenoxy) is 1. The molecule has 4 unspecified atom stereocenters. The fourth-order valence-corrected chi connectivity index (χ4v) is 6.33. The minimum atomic E-state index is -1.10. The van der Waals surface area contributed by atoms with Crippen molar-refractivity contribution in [3.05, 3.63) is 0 Å². The van der Waals surface area contributed by atoms with Gasteiger partial charge in [-0.1, -0.05) is 67.2 Å². The van der Waals surface area contributed by atoms with Crippen LogP contribution in [0.3, 0.4) is 0 Å². The Hall–Kier alpha value is -2.65. The molecule has 0 aromatic heterocycles. The predicted octanol–water partition coefficient (Wildman–Crippen LogP) is 2.92. The summed E-state index contributed by atoms with van der Waals surface area (Å²) in [6.07, 6.45) is 4.48. The summed E-state index contributed by atoms with van der Waals surface area (Å²) in [4.78, 5) is 66.3. The lowest BCUT2D eigenvalue weighted by atomic mass is 9.83. The van der Waals surface area contributed by atoms with Crippen molar-refractivity contribution in [2.75, 3.05) is 6.54 Å². The molecule has 10 nitrogen and oxygen atoms in total. The van der Waals surface area contributed by atoms with Crippen molar-refractivity contribution in [2.24, 2.45) is 34.3 Å². The number of hydrogen-bond donors (Lipinski definition) is 3. The van der Waals surface area contributed by atoms with Crippen LogP contribution in [0, 0.1) is 28.6 Å². The van der Waals surface area contributed by atoms with E-state index in [2.05, 4.69) is 24.5 Å². The second kappa shape index (κ2) is 11.8. The fourth-order valence-electron chi connectivity index (χ4n) is 6.33. The van der Waals surface area contributed by atoms with Crippen LogP contribution in [0.25, 0.3) is 0 Å². The van der Waals surface area contributed by atoms with Crippen LogP contribution in [0.5, 0.6) is 0 Å². The van der Waals surface area contributed by atoms with Crippen molar-refractivity contribution in [1.82, 2.24) is 15.5 Å². The van der Waals surface area contributed by atoms with Gasteiger partial charge in [-0.25, -0.2) is 4.79 Å². The van der Waals surface area contributed by atoms with E-state index in [1.807, 2.05) is 34.6 Å². The van der Waals surface area contributed by atoms with Gasteiger partial charge >= 0.3 is 6.09 Å². The molecule has 1 saturated heterocycles. The zero-order valence-electron chi connectivity index (χ0n) is 24.7. The Bertz CT molecular complexity index is 967. The van der Waals surface area contributed by atoms with Gasteiger partial charge in [0.2, 0.25) is 17.6 Å². The molecular weight excluding hydrogens is 500 g/mol. The number of carbonyl (C=O) groups is 5. The molecule has 0 bridgehead atoms. The lowest BCUT2D eigenvalue weighted by Crippen LogP contribution is -2.59. The number of ketones is 1. The molecule has 3 aliphatic rings. The van der Waals surface area contributed by atoms with Gasteiger partial charge in [-0.05, 0) is 54.8 Å². The highest BCUT2D eigenvalue weighted by atomic mass is 16.6. The van der Waals surface area contributed by atoms with Crippen LogP contribution < -0.4 is 16.4 Å². The highest BCUT2D eigenvalue weighted by molar-refractivity contribution is 6.37. The molecule has 4 N–H and O–H groups in total. The molecule has 0 aromatic carbocycles. The van der Waals surface area contributed by atoms with E-state index < -0.39 is 41.8 Å². The van der Waals surface area contributed by atoms with E-state index in [1.54, 1.807) is 4.90 Å². The Labute approximate surface area is 232 Å². The maximum Gasteiger partial charge on any atom is 0.408 e. The van der Waals surface area contributed by atoms with Gasteiger partial charge in [0.15, 0.2) is 0 Å². The Balaban J connectivity index is 1.84. The smallest absolute Gasteiger partial charge is 0.408 e. The summed E-state index contributed by atoms with van der Waals surface area (Å²) in [6, 6.07) is -2.63. The van der Waals surface area contributed by atoms with E-state index in [0.717, 1.165) is 32.1 Å². The van der Waals surface area contributed by atoms with Crippen LogP contribution in [0.2, 0.25) is 0 Å². The van der Waals surface area contributed by atoms with Gasteiger partial charge in [0.25, 0.3) is 5.91 Å². The highest BCUT2D eigenvalue weighted by Crippen LogP contribution is 2.65. The third-order valence-corrected chi connectivity index (χ3v) is 9.38. The van der Waals surface area contributed by atoms with Crippen molar-refractivity contribution in [3.63, 3.8) is 0 Å². The van der Waals surface area contributed by atoms with Crippen molar-refractivity contribution >= 4 is 29.6 Å². The molecule has 4 amide bonds. The molecule has 3 fully saturated rings. The van der Waals surface area contributed by atoms with Gasteiger partial charge in [0, 0.05) is 6.54 Å². The molecule has 0 radical (unpaired) electrons. The first-order valence-corrected chi connectivity index (χ1v) is 14.5. The summed E-state index contributed by atoms with van der Waals surface area (Å²) in [5.74, 6) is -2.69. The molecule has 1 aliphatic heterocycles. The number of hydrogen-bond acceptors (Lipinski definition) is 6. The Morgan fingerprint density at radius 3 is 2.21 bits per heavy atom. The summed E-state index contributed by atoms with van der Waals surface area (Å²) in [7, 11) is 0. The zero-order chi connectivity index (χ0) is 29.3. The van der Waals surface area contributed by atoms with E-state index in [0.29, 0.717) is 13.0 Å². The molecule has 1 heterocycles. The molecule has 2 aliphatic carbocycles. The van der Waals surface area contributed by atoms with Gasteiger partial charge in [0.1, 0.15) is 18.2 Å². The number of carbonyl (C=O) groups excluding carboxylic acids is 5. The van der Waals surface area contributed by atoms with Crippen LogP contribution in [0.15, 0.2) is 0 Å². The van der Waals surface area contributed by atoms with Gasteiger partial charge in [-0.2, -0.15) is 0 Å². The number of nitrogens with two attached hydrogens (primary N) is 1. The minimum absolute atomic E-state index is 0.0540. The first-order valence-electron chi connectivity index (χ1n) is 14.5. The molecule has 3 rings (SSSR count). The Kier molecular flexibility index (Phi) is 9.38. The van der Waals surface area contributed by atoms with Crippen LogP contribution in [0.1, 0.15) is 93.4 Å². The van der Waals surface area contributed by atoms with E-state index in [-0.39, 0.29) is 47.0 Å². The van der Waals surface area contributed by atoms with Crippen LogP contribution >= 0.6 is 0 Å². The molecule has 10 heteroatoms. The van der Waals surface area contributed by atoms with Crippen LogP contribution in [-0.4, -0.2) is 65.3 Å². The largest absolute Gasteiger partial charge is 0.446 e. The topological polar surface area (TPSA) is 148 Å². The highest BCUT2D eigenvalue weighted by Gasteiger charge is 2.69.